The molecule has 2 N–H and O–H groups in total. The zero-order chi connectivity index (χ0) is 21.0. The normalized spacial score (nSPS) is 11.2. The molecule has 1 heterocycles. The number of aliphatic imine (C=N–C) groups is 1. The molecule has 8 nitrogen and oxygen atoms in total. The van der Waals surface area contributed by atoms with Crippen LogP contribution in [-0.4, -0.2) is 47.5 Å². The van der Waals surface area contributed by atoms with Crippen molar-refractivity contribution in [3.05, 3.63) is 72.3 Å². The van der Waals surface area contributed by atoms with Gasteiger partial charge in [-0.3, -0.25) is 0 Å². The molecule has 158 valence electrons. The van der Waals surface area contributed by atoms with E-state index in [0.717, 1.165) is 29.6 Å². The van der Waals surface area contributed by atoms with E-state index < -0.39 is 0 Å². The van der Waals surface area contributed by atoms with Crippen molar-refractivity contribution in [1.82, 2.24) is 25.4 Å². The van der Waals surface area contributed by atoms with Gasteiger partial charge in [0, 0.05) is 6.54 Å². The zero-order valence-corrected chi connectivity index (χ0v) is 17.4. The van der Waals surface area contributed by atoms with Gasteiger partial charge in [0.05, 0.1) is 26.7 Å². The van der Waals surface area contributed by atoms with Gasteiger partial charge in [-0.1, -0.05) is 24.3 Å². The van der Waals surface area contributed by atoms with Crippen LogP contribution in [0.25, 0.3) is 0 Å². The van der Waals surface area contributed by atoms with E-state index in [0.29, 0.717) is 26.2 Å². The standard InChI is InChI=1S/C22H28N6O2/c1-3-24-22(25-11-12-30-21-9-7-20(29-2)8-10-21)26-14-18-5-4-6-19(13-18)15-28-17-23-16-27-28/h4-10,13,16-17H,3,11-12,14-15H2,1-2H3,(H2,24,25,26). The second-order valence-electron chi connectivity index (χ2n) is 6.56. The van der Waals surface area contributed by atoms with Crippen molar-refractivity contribution in [2.24, 2.45) is 4.99 Å². The number of nitrogens with zero attached hydrogens (tertiary/aromatic N) is 4. The molecule has 3 rings (SSSR count). The largest absolute Gasteiger partial charge is 0.497 e. The highest BCUT2D eigenvalue weighted by atomic mass is 16.5. The summed E-state index contributed by atoms with van der Waals surface area (Å²) in [6.07, 6.45) is 3.26. The molecule has 0 aliphatic rings. The van der Waals surface area contributed by atoms with Crippen LogP contribution in [0.2, 0.25) is 0 Å². The Morgan fingerprint density at radius 2 is 1.87 bits per heavy atom. The first kappa shape index (κ1) is 21.2. The van der Waals surface area contributed by atoms with Crippen LogP contribution < -0.4 is 20.1 Å². The Labute approximate surface area is 177 Å². The van der Waals surface area contributed by atoms with Crippen molar-refractivity contribution in [2.75, 3.05) is 26.8 Å². The Morgan fingerprint density at radius 1 is 1.07 bits per heavy atom. The van der Waals surface area contributed by atoms with Crippen LogP contribution in [0.4, 0.5) is 0 Å². The highest BCUT2D eigenvalue weighted by molar-refractivity contribution is 5.79. The molecule has 0 unspecified atom stereocenters. The smallest absolute Gasteiger partial charge is 0.191 e. The van der Waals surface area contributed by atoms with Crippen molar-refractivity contribution in [3.63, 3.8) is 0 Å². The SMILES string of the molecule is CCNC(=NCc1cccc(Cn2cncn2)c1)NCCOc1ccc(OC)cc1. The molecule has 0 spiro atoms. The van der Waals surface area contributed by atoms with Gasteiger partial charge in [0.15, 0.2) is 5.96 Å². The third-order valence-corrected chi connectivity index (χ3v) is 4.29. The van der Waals surface area contributed by atoms with Gasteiger partial charge in [0.1, 0.15) is 30.8 Å². The molecule has 0 aliphatic carbocycles. The summed E-state index contributed by atoms with van der Waals surface area (Å²) < 4.78 is 12.7. The summed E-state index contributed by atoms with van der Waals surface area (Å²) in [5.41, 5.74) is 2.30. The molecule has 8 heteroatoms. The van der Waals surface area contributed by atoms with Crippen molar-refractivity contribution in [3.8, 4) is 11.5 Å². The summed E-state index contributed by atoms with van der Waals surface area (Å²) in [4.78, 5) is 8.66. The van der Waals surface area contributed by atoms with Crippen LogP contribution in [0.15, 0.2) is 66.2 Å². The minimum atomic E-state index is 0.532. The predicted molar refractivity (Wildman–Crippen MR) is 117 cm³/mol. The van der Waals surface area contributed by atoms with Crippen LogP contribution >= 0.6 is 0 Å². The highest BCUT2D eigenvalue weighted by Gasteiger charge is 2.01. The fourth-order valence-corrected chi connectivity index (χ4v) is 2.85. The van der Waals surface area contributed by atoms with Gasteiger partial charge >= 0.3 is 0 Å². The van der Waals surface area contributed by atoms with Gasteiger partial charge < -0.3 is 20.1 Å². The third kappa shape index (κ3) is 6.80. The topological polar surface area (TPSA) is 85.6 Å². The first-order chi connectivity index (χ1) is 14.8. The van der Waals surface area contributed by atoms with E-state index in [1.54, 1.807) is 24.4 Å². The number of nitrogens with one attached hydrogen (secondary N) is 2. The van der Waals surface area contributed by atoms with Crippen LogP contribution in [0.5, 0.6) is 11.5 Å². The summed E-state index contributed by atoms with van der Waals surface area (Å²) >= 11 is 0. The van der Waals surface area contributed by atoms with Crippen LogP contribution in [0, 0.1) is 0 Å². The molecule has 0 bridgehead atoms. The van der Waals surface area contributed by atoms with E-state index in [4.69, 9.17) is 9.47 Å². The molecule has 0 saturated carbocycles. The van der Waals surface area contributed by atoms with E-state index in [-0.39, 0.29) is 0 Å². The summed E-state index contributed by atoms with van der Waals surface area (Å²) in [6.45, 7) is 5.29. The fourth-order valence-electron chi connectivity index (χ4n) is 2.85. The molecule has 0 aliphatic heterocycles. The number of aromatic nitrogens is 3. The minimum Gasteiger partial charge on any atom is -0.497 e. The molecule has 2 aromatic carbocycles. The van der Waals surface area contributed by atoms with Crippen LogP contribution in [0.1, 0.15) is 18.1 Å². The second-order valence-corrected chi connectivity index (χ2v) is 6.56. The maximum atomic E-state index is 5.75. The molecular formula is C22H28N6O2. The fraction of sp³-hybridized carbons (Fsp3) is 0.318. The molecule has 1 aromatic heterocycles. The maximum Gasteiger partial charge on any atom is 0.191 e. The number of hydrogen-bond donors (Lipinski definition) is 2. The van der Waals surface area contributed by atoms with Crippen LogP contribution in [0.3, 0.4) is 0 Å². The first-order valence-corrected chi connectivity index (χ1v) is 9.96. The van der Waals surface area contributed by atoms with E-state index in [9.17, 15) is 0 Å². The highest BCUT2D eigenvalue weighted by Crippen LogP contribution is 2.16. The predicted octanol–water partition coefficient (Wildman–Crippen LogP) is 2.47. The number of methoxy groups -OCH3 is 1. The van der Waals surface area contributed by atoms with Crippen molar-refractivity contribution < 1.29 is 9.47 Å². The Bertz CT molecular complexity index is 910. The third-order valence-electron chi connectivity index (χ3n) is 4.29. The van der Waals surface area contributed by atoms with Crippen molar-refractivity contribution in [2.45, 2.75) is 20.0 Å². The summed E-state index contributed by atoms with van der Waals surface area (Å²) in [6, 6.07) is 15.9. The van der Waals surface area contributed by atoms with Crippen molar-refractivity contribution in [1.29, 1.82) is 0 Å². The summed E-state index contributed by atoms with van der Waals surface area (Å²) in [5.74, 6) is 2.38. The van der Waals surface area contributed by atoms with Gasteiger partial charge in [-0.05, 0) is 42.3 Å². The lowest BCUT2D eigenvalue weighted by atomic mass is 10.1. The molecular weight excluding hydrogens is 380 g/mol. The molecule has 0 amide bonds. The van der Waals surface area contributed by atoms with Gasteiger partial charge in [-0.15, -0.1) is 0 Å². The molecule has 0 atom stereocenters. The monoisotopic (exact) mass is 408 g/mol. The molecule has 30 heavy (non-hydrogen) atoms. The Hall–Kier alpha value is -3.55. The quantitative estimate of drug-likeness (QED) is 0.305. The Balaban J connectivity index is 1.48. The lowest BCUT2D eigenvalue weighted by Gasteiger charge is -2.12. The van der Waals surface area contributed by atoms with Gasteiger partial charge in [-0.25, -0.2) is 14.7 Å². The van der Waals surface area contributed by atoms with E-state index in [1.165, 1.54) is 5.56 Å². The maximum absolute atomic E-state index is 5.75. The van der Waals surface area contributed by atoms with Crippen molar-refractivity contribution >= 4 is 5.96 Å². The number of guanidine groups is 1. The molecule has 3 aromatic rings. The average molecular weight is 409 g/mol. The number of benzene rings is 2. The first-order valence-electron chi connectivity index (χ1n) is 9.96. The second kappa shape index (κ2) is 11.5. The zero-order valence-electron chi connectivity index (χ0n) is 17.4. The molecule has 0 radical (unpaired) electrons. The molecule has 0 saturated heterocycles. The van der Waals surface area contributed by atoms with E-state index in [1.807, 2.05) is 37.3 Å². The Kier molecular flexibility index (Phi) is 8.08. The minimum absolute atomic E-state index is 0.532. The summed E-state index contributed by atoms with van der Waals surface area (Å²) in [7, 11) is 1.65. The number of rotatable bonds is 10. The lowest BCUT2D eigenvalue weighted by Crippen LogP contribution is -2.39. The van der Waals surface area contributed by atoms with E-state index in [2.05, 4.69) is 43.9 Å². The average Bonchev–Trinajstić information content (AvgIpc) is 3.28. The lowest BCUT2D eigenvalue weighted by molar-refractivity contribution is 0.321. The summed E-state index contributed by atoms with van der Waals surface area (Å²) in [5, 5.41) is 10.7. The van der Waals surface area contributed by atoms with Gasteiger partial charge in [0.2, 0.25) is 0 Å². The van der Waals surface area contributed by atoms with E-state index >= 15 is 0 Å². The number of ether oxygens (including phenoxy) is 2. The number of hydrogen-bond acceptors (Lipinski definition) is 5. The molecule has 0 fully saturated rings. The van der Waals surface area contributed by atoms with Gasteiger partial charge in [-0.2, -0.15) is 5.10 Å². The van der Waals surface area contributed by atoms with Gasteiger partial charge in [0.25, 0.3) is 0 Å². The van der Waals surface area contributed by atoms with Crippen LogP contribution in [-0.2, 0) is 13.1 Å². The Morgan fingerprint density at radius 3 is 2.60 bits per heavy atom.